The van der Waals surface area contributed by atoms with Crippen molar-refractivity contribution in [3.63, 3.8) is 0 Å². The minimum absolute atomic E-state index is 0.436. The lowest BCUT2D eigenvalue weighted by atomic mass is 10.1. The molecular weight excluding hydrogens is 285 g/mol. The Balaban J connectivity index is 2.36. The van der Waals surface area contributed by atoms with Crippen LogP contribution in [0, 0.1) is 27.6 Å². The van der Waals surface area contributed by atoms with Gasteiger partial charge in [0.25, 0.3) is 5.69 Å². The molecule has 0 radical (unpaired) electrons. The highest BCUT2D eigenvalue weighted by atomic mass is 19.2. The summed E-state index contributed by atoms with van der Waals surface area (Å²) in [6.45, 7) is 1.60. The second-order valence-electron chi connectivity index (χ2n) is 4.43. The van der Waals surface area contributed by atoms with Gasteiger partial charge in [0.15, 0.2) is 17.3 Å². The predicted octanol–water partition coefficient (Wildman–Crippen LogP) is 4.19. The monoisotopic (exact) mass is 296 g/mol. The first-order valence-corrected chi connectivity index (χ1v) is 6.04. The van der Waals surface area contributed by atoms with Gasteiger partial charge in [0.1, 0.15) is 5.82 Å². The van der Waals surface area contributed by atoms with Gasteiger partial charge in [0, 0.05) is 12.1 Å². The molecule has 0 amide bonds. The lowest BCUT2D eigenvalue weighted by molar-refractivity contribution is -0.384. The van der Waals surface area contributed by atoms with Crippen molar-refractivity contribution in [1.82, 2.24) is 0 Å². The van der Waals surface area contributed by atoms with E-state index in [-0.39, 0.29) is 0 Å². The molecule has 0 spiro atoms. The van der Waals surface area contributed by atoms with Gasteiger partial charge in [0.05, 0.1) is 4.92 Å². The molecule has 0 bridgehead atoms. The molecule has 4 nitrogen and oxygen atoms in total. The van der Waals surface area contributed by atoms with E-state index >= 15 is 0 Å². The number of nitro groups is 1. The Kier molecular flexibility index (Phi) is 4.11. The van der Waals surface area contributed by atoms with Crippen molar-refractivity contribution in [1.29, 1.82) is 0 Å². The average molecular weight is 296 g/mol. The lowest BCUT2D eigenvalue weighted by Gasteiger charge is -2.16. The Labute approximate surface area is 118 Å². The fraction of sp³-hybridized carbons (Fsp3) is 0.143. The molecule has 0 aliphatic carbocycles. The van der Waals surface area contributed by atoms with Crippen molar-refractivity contribution in [2.24, 2.45) is 0 Å². The molecule has 0 heterocycles. The summed E-state index contributed by atoms with van der Waals surface area (Å²) >= 11 is 0. The summed E-state index contributed by atoms with van der Waals surface area (Å²) in [6.07, 6.45) is 0. The number of nitrogens with one attached hydrogen (secondary N) is 1. The molecule has 1 unspecified atom stereocenters. The fourth-order valence-electron chi connectivity index (χ4n) is 1.88. The maximum Gasteiger partial charge on any atom is 0.295 e. The molecular formula is C14H11F3N2O2. The van der Waals surface area contributed by atoms with Gasteiger partial charge in [-0.25, -0.2) is 13.2 Å². The van der Waals surface area contributed by atoms with E-state index in [1.54, 1.807) is 6.92 Å². The van der Waals surface area contributed by atoms with Crippen LogP contribution in [0.25, 0.3) is 0 Å². The molecule has 2 aromatic carbocycles. The number of nitrogens with zero attached hydrogens (tertiary/aromatic N) is 1. The van der Waals surface area contributed by atoms with E-state index in [4.69, 9.17) is 0 Å². The molecule has 2 aromatic rings. The normalized spacial score (nSPS) is 12.0. The molecule has 2 rings (SSSR count). The van der Waals surface area contributed by atoms with Crippen LogP contribution < -0.4 is 5.32 Å². The molecule has 0 saturated heterocycles. The van der Waals surface area contributed by atoms with Crippen molar-refractivity contribution in [2.75, 3.05) is 5.32 Å². The smallest absolute Gasteiger partial charge is 0.295 e. The molecule has 1 N–H and O–H groups in total. The summed E-state index contributed by atoms with van der Waals surface area (Å²) < 4.78 is 39.8. The number of hydrogen-bond donors (Lipinski definition) is 1. The van der Waals surface area contributed by atoms with Crippen molar-refractivity contribution in [3.8, 4) is 0 Å². The first-order chi connectivity index (χ1) is 9.90. The SMILES string of the molecule is CC(Nc1c([N+](=O)[O-])ccc(F)c1F)c1ccc(F)cc1. The minimum Gasteiger partial charge on any atom is -0.370 e. The number of hydrogen-bond acceptors (Lipinski definition) is 3. The van der Waals surface area contributed by atoms with Gasteiger partial charge in [0.2, 0.25) is 0 Å². The number of benzene rings is 2. The van der Waals surface area contributed by atoms with Crippen molar-refractivity contribution in [3.05, 3.63) is 69.5 Å². The predicted molar refractivity (Wildman–Crippen MR) is 71.5 cm³/mol. The third-order valence-corrected chi connectivity index (χ3v) is 3.00. The van der Waals surface area contributed by atoms with Crippen molar-refractivity contribution < 1.29 is 18.1 Å². The topological polar surface area (TPSA) is 55.2 Å². The van der Waals surface area contributed by atoms with E-state index < -0.39 is 39.8 Å². The Morgan fingerprint density at radius 3 is 2.29 bits per heavy atom. The van der Waals surface area contributed by atoms with Crippen LogP contribution in [-0.4, -0.2) is 4.92 Å². The highest BCUT2D eigenvalue weighted by molar-refractivity contribution is 5.63. The van der Waals surface area contributed by atoms with Crippen LogP contribution in [0.1, 0.15) is 18.5 Å². The Bertz CT molecular complexity index is 675. The van der Waals surface area contributed by atoms with E-state index in [2.05, 4.69) is 5.32 Å². The average Bonchev–Trinajstić information content (AvgIpc) is 2.44. The van der Waals surface area contributed by atoms with Gasteiger partial charge in [-0.1, -0.05) is 12.1 Å². The summed E-state index contributed by atoms with van der Waals surface area (Å²) in [5, 5.41) is 13.4. The molecule has 0 fully saturated rings. The molecule has 0 saturated carbocycles. The van der Waals surface area contributed by atoms with Crippen molar-refractivity contribution >= 4 is 11.4 Å². The summed E-state index contributed by atoms with van der Waals surface area (Å²) in [5.74, 6) is -2.94. The second kappa shape index (κ2) is 5.82. The van der Waals surface area contributed by atoms with Gasteiger partial charge < -0.3 is 5.32 Å². The number of anilines is 1. The van der Waals surface area contributed by atoms with E-state index in [1.807, 2.05) is 0 Å². The van der Waals surface area contributed by atoms with Crippen LogP contribution in [0.4, 0.5) is 24.5 Å². The first-order valence-electron chi connectivity index (χ1n) is 6.04. The fourth-order valence-corrected chi connectivity index (χ4v) is 1.88. The Morgan fingerprint density at radius 1 is 1.10 bits per heavy atom. The molecule has 21 heavy (non-hydrogen) atoms. The van der Waals surface area contributed by atoms with Gasteiger partial charge >= 0.3 is 0 Å². The van der Waals surface area contributed by atoms with Gasteiger partial charge in [-0.3, -0.25) is 10.1 Å². The molecule has 0 aliphatic rings. The van der Waals surface area contributed by atoms with Gasteiger partial charge in [-0.15, -0.1) is 0 Å². The van der Waals surface area contributed by atoms with Crippen LogP contribution in [0.2, 0.25) is 0 Å². The largest absolute Gasteiger partial charge is 0.370 e. The minimum atomic E-state index is -1.32. The number of nitro benzene ring substituents is 1. The van der Waals surface area contributed by atoms with Gasteiger partial charge in [-0.05, 0) is 30.7 Å². The maximum atomic E-state index is 13.8. The van der Waals surface area contributed by atoms with E-state index in [9.17, 15) is 23.3 Å². The maximum absolute atomic E-state index is 13.8. The van der Waals surface area contributed by atoms with Crippen molar-refractivity contribution in [2.45, 2.75) is 13.0 Å². The zero-order valence-electron chi connectivity index (χ0n) is 10.9. The zero-order valence-corrected chi connectivity index (χ0v) is 10.9. The van der Waals surface area contributed by atoms with E-state index in [0.29, 0.717) is 11.6 Å². The summed E-state index contributed by atoms with van der Waals surface area (Å²) in [6, 6.07) is 6.35. The van der Waals surface area contributed by atoms with E-state index in [1.165, 1.54) is 24.3 Å². The van der Waals surface area contributed by atoms with Crippen LogP contribution in [0.15, 0.2) is 36.4 Å². The third kappa shape index (κ3) is 3.13. The molecule has 110 valence electrons. The third-order valence-electron chi connectivity index (χ3n) is 3.00. The van der Waals surface area contributed by atoms with Crippen LogP contribution >= 0.6 is 0 Å². The number of rotatable bonds is 4. The summed E-state index contributed by atoms with van der Waals surface area (Å²) in [5.41, 5.74) is -0.519. The van der Waals surface area contributed by atoms with Crippen LogP contribution in [-0.2, 0) is 0 Å². The molecule has 7 heteroatoms. The summed E-state index contributed by atoms with van der Waals surface area (Å²) in [7, 11) is 0. The quantitative estimate of drug-likeness (QED) is 0.680. The van der Waals surface area contributed by atoms with Crippen LogP contribution in [0.5, 0.6) is 0 Å². The molecule has 0 aliphatic heterocycles. The molecule has 1 atom stereocenters. The lowest BCUT2D eigenvalue weighted by Crippen LogP contribution is -2.11. The summed E-state index contributed by atoms with van der Waals surface area (Å²) in [4.78, 5) is 10.1. The zero-order chi connectivity index (χ0) is 15.6. The Hall–Kier alpha value is -2.57. The highest BCUT2D eigenvalue weighted by Crippen LogP contribution is 2.32. The van der Waals surface area contributed by atoms with E-state index in [0.717, 1.165) is 6.07 Å². The van der Waals surface area contributed by atoms with Gasteiger partial charge in [-0.2, -0.15) is 0 Å². The first kappa shape index (κ1) is 14.8. The Morgan fingerprint density at radius 2 is 1.71 bits per heavy atom. The highest BCUT2D eigenvalue weighted by Gasteiger charge is 2.23. The van der Waals surface area contributed by atoms with Crippen LogP contribution in [0.3, 0.4) is 0 Å². The molecule has 0 aromatic heterocycles. The number of halogens is 3. The second-order valence-corrected chi connectivity index (χ2v) is 4.43. The standard InChI is InChI=1S/C14H11F3N2O2/c1-8(9-2-4-10(15)5-3-9)18-14-12(19(20)21)7-6-11(16)13(14)17/h2-8,18H,1H3.